The van der Waals surface area contributed by atoms with Gasteiger partial charge in [0.05, 0.1) is 19.8 Å². The van der Waals surface area contributed by atoms with E-state index in [9.17, 15) is 9.59 Å². The second kappa shape index (κ2) is 8.39. The Morgan fingerprint density at radius 2 is 1.84 bits per heavy atom. The van der Waals surface area contributed by atoms with Gasteiger partial charge in [-0.25, -0.2) is 0 Å². The van der Waals surface area contributed by atoms with Crippen molar-refractivity contribution in [2.45, 2.75) is 20.5 Å². The van der Waals surface area contributed by atoms with Gasteiger partial charge in [0.15, 0.2) is 0 Å². The summed E-state index contributed by atoms with van der Waals surface area (Å²) in [6.07, 6.45) is 0. The van der Waals surface area contributed by atoms with E-state index in [0.29, 0.717) is 13.2 Å². The smallest absolute Gasteiger partial charge is 0.322 e. The van der Waals surface area contributed by atoms with Gasteiger partial charge in [-0.05, 0) is 19.4 Å². The minimum absolute atomic E-state index is 0.0553. The Kier molecular flexibility index (Phi) is 6.78. The van der Waals surface area contributed by atoms with E-state index >= 15 is 0 Å². The first-order valence-corrected chi connectivity index (χ1v) is 6.18. The molecule has 1 rings (SSSR count). The third-order valence-corrected chi connectivity index (χ3v) is 2.27. The number of rotatable bonds is 8. The van der Waals surface area contributed by atoms with Crippen LogP contribution in [0.2, 0.25) is 0 Å². The van der Waals surface area contributed by atoms with Gasteiger partial charge in [-0.1, -0.05) is 30.3 Å². The monoisotopic (exact) mass is 265 g/mol. The number of hydrogen-bond donors (Lipinski definition) is 0. The molecule has 0 aliphatic carbocycles. The molecule has 0 saturated carbocycles. The van der Waals surface area contributed by atoms with Crippen LogP contribution < -0.4 is 0 Å². The van der Waals surface area contributed by atoms with Crippen LogP contribution in [0, 0.1) is 0 Å². The van der Waals surface area contributed by atoms with Gasteiger partial charge < -0.3 is 4.74 Å². The van der Waals surface area contributed by atoms with Crippen LogP contribution >= 0.6 is 0 Å². The van der Waals surface area contributed by atoms with Crippen molar-refractivity contribution in [2.75, 3.05) is 19.7 Å². The van der Waals surface area contributed by atoms with Crippen molar-refractivity contribution in [3.8, 4) is 0 Å². The zero-order valence-electron chi connectivity index (χ0n) is 11.3. The zero-order chi connectivity index (χ0) is 14.1. The van der Waals surface area contributed by atoms with Crippen molar-refractivity contribution in [3.63, 3.8) is 0 Å². The van der Waals surface area contributed by atoms with E-state index in [1.807, 2.05) is 30.3 Å². The Morgan fingerprint density at radius 1 is 1.16 bits per heavy atom. The largest absolute Gasteiger partial charge is 0.465 e. The average Bonchev–Trinajstić information content (AvgIpc) is 2.37. The Balaban J connectivity index is 2.49. The van der Waals surface area contributed by atoms with Gasteiger partial charge >= 0.3 is 5.97 Å². The zero-order valence-corrected chi connectivity index (χ0v) is 11.3. The van der Waals surface area contributed by atoms with E-state index in [1.165, 1.54) is 12.0 Å². The van der Waals surface area contributed by atoms with Crippen LogP contribution in [0.15, 0.2) is 30.3 Å². The summed E-state index contributed by atoms with van der Waals surface area (Å²) in [6, 6.07) is 9.54. The highest BCUT2D eigenvalue weighted by Crippen LogP contribution is 2.03. The quantitative estimate of drug-likeness (QED) is 0.527. The summed E-state index contributed by atoms with van der Waals surface area (Å²) < 4.78 is 4.83. The highest BCUT2D eigenvalue weighted by molar-refractivity contribution is 5.78. The lowest BCUT2D eigenvalue weighted by Gasteiger charge is -2.19. The summed E-state index contributed by atoms with van der Waals surface area (Å²) in [5.74, 6) is -0.478. The molecule has 0 N–H and O–H groups in total. The SMILES string of the molecule is CCOC(=O)CN(CC(C)=O)OCc1ccccc1. The molecular weight excluding hydrogens is 246 g/mol. The molecule has 0 saturated heterocycles. The van der Waals surface area contributed by atoms with Crippen LogP contribution in [0.25, 0.3) is 0 Å². The minimum Gasteiger partial charge on any atom is -0.465 e. The van der Waals surface area contributed by atoms with Crippen molar-refractivity contribution >= 4 is 11.8 Å². The number of hydrogen-bond acceptors (Lipinski definition) is 5. The molecule has 0 atom stereocenters. The second-order valence-electron chi connectivity index (χ2n) is 4.06. The number of carbonyl (C=O) groups excluding carboxylic acids is 2. The summed E-state index contributed by atoms with van der Waals surface area (Å²) in [7, 11) is 0. The Hall–Kier alpha value is -1.72. The predicted molar refractivity (Wildman–Crippen MR) is 70.1 cm³/mol. The van der Waals surface area contributed by atoms with E-state index < -0.39 is 5.97 Å². The van der Waals surface area contributed by atoms with Crippen LogP contribution in [0.5, 0.6) is 0 Å². The summed E-state index contributed by atoms with van der Waals surface area (Å²) >= 11 is 0. The molecule has 0 aliphatic heterocycles. The van der Waals surface area contributed by atoms with Gasteiger partial charge in [0, 0.05) is 0 Å². The highest BCUT2D eigenvalue weighted by Gasteiger charge is 2.14. The first-order chi connectivity index (χ1) is 9.11. The van der Waals surface area contributed by atoms with E-state index in [-0.39, 0.29) is 18.9 Å². The Labute approximate surface area is 113 Å². The number of nitrogens with zero attached hydrogens (tertiary/aromatic N) is 1. The molecule has 0 radical (unpaired) electrons. The van der Waals surface area contributed by atoms with Gasteiger partial charge in [-0.15, -0.1) is 0 Å². The maximum Gasteiger partial charge on any atom is 0.322 e. The lowest BCUT2D eigenvalue weighted by molar-refractivity contribution is -0.186. The van der Waals surface area contributed by atoms with Crippen molar-refractivity contribution in [3.05, 3.63) is 35.9 Å². The van der Waals surface area contributed by atoms with Crippen molar-refractivity contribution in [2.24, 2.45) is 0 Å². The molecule has 0 heterocycles. The van der Waals surface area contributed by atoms with Gasteiger partial charge in [0.1, 0.15) is 12.3 Å². The maximum absolute atomic E-state index is 11.4. The third-order valence-electron chi connectivity index (χ3n) is 2.27. The normalized spacial score (nSPS) is 10.5. The van der Waals surface area contributed by atoms with Gasteiger partial charge in [-0.3, -0.25) is 14.4 Å². The van der Waals surface area contributed by atoms with E-state index in [2.05, 4.69) is 0 Å². The Morgan fingerprint density at radius 3 is 2.42 bits per heavy atom. The number of carbonyl (C=O) groups is 2. The number of hydroxylamine groups is 2. The summed E-state index contributed by atoms with van der Waals surface area (Å²) in [4.78, 5) is 28.0. The standard InChI is InChI=1S/C14H19NO4/c1-3-18-14(17)10-15(9-12(2)16)19-11-13-7-5-4-6-8-13/h4-8H,3,9-11H2,1-2H3. The van der Waals surface area contributed by atoms with Crippen LogP contribution in [0.3, 0.4) is 0 Å². The van der Waals surface area contributed by atoms with Crippen molar-refractivity contribution < 1.29 is 19.2 Å². The Bertz CT molecular complexity index is 405. The molecule has 0 spiro atoms. The van der Waals surface area contributed by atoms with Crippen LogP contribution in [-0.4, -0.2) is 36.5 Å². The molecule has 19 heavy (non-hydrogen) atoms. The number of esters is 1. The fraction of sp³-hybridized carbons (Fsp3) is 0.429. The molecule has 0 bridgehead atoms. The fourth-order valence-corrected chi connectivity index (χ4v) is 1.49. The number of Topliss-reactive ketones (excluding diaryl/α,β-unsaturated/α-hetero) is 1. The molecule has 5 nitrogen and oxygen atoms in total. The molecule has 0 aliphatic rings. The highest BCUT2D eigenvalue weighted by atomic mass is 16.7. The summed E-state index contributed by atoms with van der Waals surface area (Å²) in [5, 5.41) is 1.33. The van der Waals surface area contributed by atoms with Crippen molar-refractivity contribution in [1.29, 1.82) is 0 Å². The lowest BCUT2D eigenvalue weighted by atomic mass is 10.2. The van der Waals surface area contributed by atoms with Gasteiger partial charge in [-0.2, -0.15) is 5.06 Å². The van der Waals surface area contributed by atoms with Crippen LogP contribution in [0.1, 0.15) is 19.4 Å². The third kappa shape index (κ3) is 6.69. The minimum atomic E-state index is -0.406. The molecule has 0 amide bonds. The fourth-order valence-electron chi connectivity index (χ4n) is 1.49. The lowest BCUT2D eigenvalue weighted by Crippen LogP contribution is -2.34. The topological polar surface area (TPSA) is 55.8 Å². The maximum atomic E-state index is 11.4. The molecule has 0 fully saturated rings. The number of benzene rings is 1. The van der Waals surface area contributed by atoms with Crippen LogP contribution in [-0.2, 0) is 25.8 Å². The second-order valence-corrected chi connectivity index (χ2v) is 4.06. The molecule has 0 aromatic heterocycles. The average molecular weight is 265 g/mol. The van der Waals surface area contributed by atoms with E-state index in [4.69, 9.17) is 9.57 Å². The van der Waals surface area contributed by atoms with E-state index in [0.717, 1.165) is 5.56 Å². The van der Waals surface area contributed by atoms with Crippen LogP contribution in [0.4, 0.5) is 0 Å². The number of ether oxygens (including phenoxy) is 1. The molecule has 1 aromatic rings. The van der Waals surface area contributed by atoms with E-state index in [1.54, 1.807) is 6.92 Å². The first kappa shape index (κ1) is 15.3. The first-order valence-electron chi connectivity index (χ1n) is 6.18. The van der Waals surface area contributed by atoms with Gasteiger partial charge in [0.2, 0.25) is 0 Å². The predicted octanol–water partition coefficient (Wildman–Crippen LogP) is 1.57. The van der Waals surface area contributed by atoms with Gasteiger partial charge in [0.25, 0.3) is 0 Å². The molecule has 104 valence electrons. The number of ketones is 1. The molecule has 5 heteroatoms. The molecule has 0 unspecified atom stereocenters. The molecular formula is C14H19NO4. The van der Waals surface area contributed by atoms with Crippen molar-refractivity contribution in [1.82, 2.24) is 5.06 Å². The molecule has 1 aromatic carbocycles. The summed E-state index contributed by atoms with van der Waals surface area (Å²) in [5.41, 5.74) is 0.972. The summed E-state index contributed by atoms with van der Waals surface area (Å²) in [6.45, 7) is 3.81.